The Labute approximate surface area is 141 Å². The predicted molar refractivity (Wildman–Crippen MR) is 93.2 cm³/mol. The number of para-hydroxylation sites is 1. The number of aliphatic imine (C=N–C) groups is 1. The minimum Gasteiger partial charge on any atom is -0.493 e. The van der Waals surface area contributed by atoms with E-state index in [-0.39, 0.29) is 5.96 Å². The molecule has 0 unspecified atom stereocenters. The van der Waals surface area contributed by atoms with Gasteiger partial charge in [-0.3, -0.25) is 4.79 Å². The van der Waals surface area contributed by atoms with Crippen LogP contribution in [0.1, 0.15) is 17.0 Å². The lowest BCUT2D eigenvalue weighted by molar-refractivity contribution is -0.119. The Morgan fingerprint density at radius 1 is 1.04 bits per heavy atom. The van der Waals surface area contributed by atoms with Gasteiger partial charge < -0.3 is 20.9 Å². The van der Waals surface area contributed by atoms with E-state index in [0.717, 1.165) is 11.1 Å². The zero-order valence-electron chi connectivity index (χ0n) is 13.7. The summed E-state index contributed by atoms with van der Waals surface area (Å²) < 4.78 is 10.8. The molecule has 24 heavy (non-hydrogen) atoms. The molecular formula is C18H21N3O3. The van der Waals surface area contributed by atoms with Crippen molar-refractivity contribution in [2.45, 2.75) is 12.3 Å². The van der Waals surface area contributed by atoms with E-state index in [1.54, 1.807) is 20.3 Å². The summed E-state index contributed by atoms with van der Waals surface area (Å²) in [5.41, 5.74) is 12.4. The molecule has 1 atom stereocenters. The molecular weight excluding hydrogens is 306 g/mol. The highest BCUT2D eigenvalue weighted by molar-refractivity contribution is 5.95. The van der Waals surface area contributed by atoms with E-state index in [0.29, 0.717) is 17.9 Å². The van der Waals surface area contributed by atoms with Crippen LogP contribution in [-0.2, 0) is 11.2 Å². The number of ether oxygens (including phenoxy) is 2. The summed E-state index contributed by atoms with van der Waals surface area (Å²) in [7, 11) is 3.14. The molecule has 0 aliphatic heterocycles. The predicted octanol–water partition coefficient (Wildman–Crippen LogP) is 1.83. The Morgan fingerprint density at radius 3 is 2.33 bits per heavy atom. The molecule has 0 aromatic heterocycles. The van der Waals surface area contributed by atoms with Crippen LogP contribution < -0.4 is 20.9 Å². The van der Waals surface area contributed by atoms with Crippen molar-refractivity contribution in [3.63, 3.8) is 0 Å². The van der Waals surface area contributed by atoms with Crippen LogP contribution in [0.15, 0.2) is 53.5 Å². The number of carbonyl (C=O) groups is 1. The lowest BCUT2D eigenvalue weighted by Gasteiger charge is -2.17. The third kappa shape index (κ3) is 4.04. The van der Waals surface area contributed by atoms with Gasteiger partial charge in [0.25, 0.3) is 5.91 Å². The van der Waals surface area contributed by atoms with Crippen LogP contribution in [0.5, 0.6) is 11.5 Å². The highest BCUT2D eigenvalue weighted by atomic mass is 16.5. The molecule has 6 nitrogen and oxygen atoms in total. The molecule has 0 fully saturated rings. The first kappa shape index (κ1) is 17.3. The Morgan fingerprint density at radius 2 is 1.75 bits per heavy atom. The summed E-state index contributed by atoms with van der Waals surface area (Å²) in [5.74, 6) is 0.0356. The number of hydrogen-bond donors (Lipinski definition) is 2. The lowest BCUT2D eigenvalue weighted by Crippen LogP contribution is -2.26. The highest BCUT2D eigenvalue weighted by Crippen LogP contribution is 2.34. The van der Waals surface area contributed by atoms with Gasteiger partial charge in [0.1, 0.15) is 0 Å². The molecule has 0 heterocycles. The van der Waals surface area contributed by atoms with E-state index in [1.165, 1.54) is 0 Å². The maximum Gasteiger partial charge on any atom is 0.256 e. The van der Waals surface area contributed by atoms with E-state index >= 15 is 0 Å². The van der Waals surface area contributed by atoms with E-state index in [2.05, 4.69) is 4.99 Å². The van der Waals surface area contributed by atoms with E-state index in [9.17, 15) is 4.79 Å². The van der Waals surface area contributed by atoms with Gasteiger partial charge >= 0.3 is 0 Å². The quantitative estimate of drug-likeness (QED) is 0.623. The molecule has 0 radical (unpaired) electrons. The number of methoxy groups -OCH3 is 2. The number of nitrogens with zero attached hydrogens (tertiary/aromatic N) is 1. The molecule has 0 spiro atoms. The molecule has 126 valence electrons. The fourth-order valence-electron chi connectivity index (χ4n) is 2.57. The van der Waals surface area contributed by atoms with Crippen molar-refractivity contribution in [2.24, 2.45) is 16.5 Å². The van der Waals surface area contributed by atoms with Crippen LogP contribution in [0.4, 0.5) is 0 Å². The number of carbonyl (C=O) groups excluding carboxylic acids is 1. The SMILES string of the molecule is COc1cccc(C[C@@H](C(=O)N=C(N)N)c2ccccc2)c1OC. The van der Waals surface area contributed by atoms with Crippen LogP contribution in [-0.4, -0.2) is 26.1 Å². The standard InChI is InChI=1S/C18H21N3O3/c1-23-15-10-6-9-13(16(15)24-2)11-14(17(22)21-18(19)20)12-7-4-3-5-8-12/h3-10,14H,11H2,1-2H3,(H4,19,20,21,22)/t14-/m1/s1. The third-order valence-corrected chi connectivity index (χ3v) is 3.65. The Hall–Kier alpha value is -3.02. The van der Waals surface area contributed by atoms with Gasteiger partial charge in [-0.15, -0.1) is 0 Å². The van der Waals surface area contributed by atoms with Crippen LogP contribution in [0.3, 0.4) is 0 Å². The number of amides is 1. The summed E-state index contributed by atoms with van der Waals surface area (Å²) >= 11 is 0. The smallest absolute Gasteiger partial charge is 0.256 e. The number of nitrogens with two attached hydrogens (primary N) is 2. The average molecular weight is 327 g/mol. The second-order valence-electron chi connectivity index (χ2n) is 5.19. The van der Waals surface area contributed by atoms with Crippen molar-refractivity contribution in [3.05, 3.63) is 59.7 Å². The molecule has 2 aromatic rings. The minimum absolute atomic E-state index is 0.251. The molecule has 1 amide bonds. The number of hydrogen-bond acceptors (Lipinski definition) is 3. The number of guanidine groups is 1. The van der Waals surface area contributed by atoms with Crippen molar-refractivity contribution in [3.8, 4) is 11.5 Å². The summed E-state index contributed by atoms with van der Waals surface area (Å²) in [5, 5.41) is 0. The first-order valence-corrected chi connectivity index (χ1v) is 7.45. The zero-order valence-corrected chi connectivity index (χ0v) is 13.7. The summed E-state index contributed by atoms with van der Waals surface area (Å²) in [6, 6.07) is 14.9. The van der Waals surface area contributed by atoms with Gasteiger partial charge in [0.2, 0.25) is 0 Å². The Balaban J connectivity index is 2.43. The van der Waals surface area contributed by atoms with Gasteiger partial charge in [-0.25, -0.2) is 0 Å². The normalized spacial score (nSPS) is 11.4. The van der Waals surface area contributed by atoms with Crippen molar-refractivity contribution >= 4 is 11.9 Å². The van der Waals surface area contributed by atoms with E-state index in [4.69, 9.17) is 20.9 Å². The summed E-state index contributed by atoms with van der Waals surface area (Å²) in [6.07, 6.45) is 0.389. The molecule has 0 saturated heterocycles. The van der Waals surface area contributed by atoms with E-state index in [1.807, 2.05) is 42.5 Å². The fraction of sp³-hybridized carbons (Fsp3) is 0.222. The van der Waals surface area contributed by atoms with Gasteiger partial charge in [-0.1, -0.05) is 42.5 Å². The Bertz CT molecular complexity index is 726. The molecule has 2 rings (SSSR count). The topological polar surface area (TPSA) is 99.9 Å². The molecule has 4 N–H and O–H groups in total. The average Bonchev–Trinajstić information content (AvgIpc) is 2.59. The molecule has 6 heteroatoms. The van der Waals surface area contributed by atoms with Crippen LogP contribution in [0, 0.1) is 0 Å². The van der Waals surface area contributed by atoms with Gasteiger partial charge in [0.15, 0.2) is 17.5 Å². The molecule has 2 aromatic carbocycles. The zero-order chi connectivity index (χ0) is 17.5. The van der Waals surface area contributed by atoms with Crippen LogP contribution >= 0.6 is 0 Å². The summed E-state index contributed by atoms with van der Waals surface area (Å²) in [4.78, 5) is 16.2. The minimum atomic E-state index is -0.519. The maximum absolute atomic E-state index is 12.5. The van der Waals surface area contributed by atoms with Gasteiger partial charge in [-0.05, 0) is 23.6 Å². The third-order valence-electron chi connectivity index (χ3n) is 3.65. The largest absolute Gasteiger partial charge is 0.493 e. The van der Waals surface area contributed by atoms with E-state index < -0.39 is 11.8 Å². The Kier molecular flexibility index (Phi) is 5.78. The second-order valence-corrected chi connectivity index (χ2v) is 5.19. The first-order valence-electron chi connectivity index (χ1n) is 7.45. The van der Waals surface area contributed by atoms with Crippen LogP contribution in [0.25, 0.3) is 0 Å². The lowest BCUT2D eigenvalue weighted by atomic mass is 9.91. The van der Waals surface area contributed by atoms with Crippen molar-refractivity contribution in [1.29, 1.82) is 0 Å². The van der Waals surface area contributed by atoms with Gasteiger partial charge in [0.05, 0.1) is 20.1 Å². The van der Waals surface area contributed by atoms with Gasteiger partial charge in [0, 0.05) is 0 Å². The number of benzene rings is 2. The molecule has 0 aliphatic rings. The molecule has 0 bridgehead atoms. The summed E-state index contributed by atoms with van der Waals surface area (Å²) in [6.45, 7) is 0. The monoisotopic (exact) mass is 327 g/mol. The van der Waals surface area contributed by atoms with Gasteiger partial charge in [-0.2, -0.15) is 4.99 Å². The highest BCUT2D eigenvalue weighted by Gasteiger charge is 2.23. The second kappa shape index (κ2) is 8.01. The van der Waals surface area contributed by atoms with Crippen molar-refractivity contribution < 1.29 is 14.3 Å². The van der Waals surface area contributed by atoms with Crippen molar-refractivity contribution in [1.82, 2.24) is 0 Å². The molecule has 0 aliphatic carbocycles. The first-order chi connectivity index (χ1) is 11.6. The fourth-order valence-corrected chi connectivity index (χ4v) is 2.57. The van der Waals surface area contributed by atoms with Crippen molar-refractivity contribution in [2.75, 3.05) is 14.2 Å². The van der Waals surface area contributed by atoms with Crippen LogP contribution in [0.2, 0.25) is 0 Å². The number of rotatable bonds is 6. The maximum atomic E-state index is 12.5. The molecule has 0 saturated carbocycles.